The van der Waals surface area contributed by atoms with Gasteiger partial charge in [0.2, 0.25) is 0 Å². The van der Waals surface area contributed by atoms with E-state index in [1.165, 1.54) is 0 Å². The SMILES string of the molecule is [2H]C([2H])([2H])C([2H])([2H])CC(=O)[O-].[Na+]. The van der Waals surface area contributed by atoms with E-state index in [-0.39, 0.29) is 29.6 Å². The molecule has 0 saturated carbocycles. The van der Waals surface area contributed by atoms with Crippen LogP contribution in [0.15, 0.2) is 0 Å². The molecule has 7 heavy (non-hydrogen) atoms. The molecule has 0 saturated heterocycles. The van der Waals surface area contributed by atoms with Crippen molar-refractivity contribution in [1.82, 2.24) is 0 Å². The first-order valence-corrected chi connectivity index (χ1v) is 1.37. The predicted molar refractivity (Wildman–Crippen MR) is 19.9 cm³/mol. The number of aliphatic carboxylic acids is 1. The van der Waals surface area contributed by atoms with Crippen LogP contribution in [0.25, 0.3) is 0 Å². The van der Waals surface area contributed by atoms with Crippen LogP contribution in [0, 0.1) is 0 Å². The molecule has 0 unspecified atom stereocenters. The van der Waals surface area contributed by atoms with Gasteiger partial charge in [0.25, 0.3) is 0 Å². The molecule has 0 amide bonds. The van der Waals surface area contributed by atoms with Crippen molar-refractivity contribution in [3.63, 3.8) is 0 Å². The molecule has 0 atom stereocenters. The molecule has 0 bridgehead atoms. The first-order chi connectivity index (χ1) is 4.67. The Hall–Kier alpha value is 0.470. The van der Waals surface area contributed by atoms with Crippen molar-refractivity contribution >= 4 is 5.97 Å². The standard InChI is InChI=1S/C4H8O2.Na/c1-2-3-4(5)6;/h2-3H2,1H3,(H,5,6);/q;+1/p-1/i1D3,2D2;. The Balaban J connectivity index is 0. The van der Waals surface area contributed by atoms with Crippen LogP contribution in [-0.4, -0.2) is 5.97 Å². The third-order valence-corrected chi connectivity index (χ3v) is 0.233. The van der Waals surface area contributed by atoms with Gasteiger partial charge in [0.15, 0.2) is 0 Å². The second kappa shape index (κ2) is 6.47. The Morgan fingerprint density at radius 2 is 2.71 bits per heavy atom. The Labute approximate surface area is 72.2 Å². The normalized spacial score (nSPS) is 21.4. The zero-order valence-corrected chi connectivity index (χ0v) is 6.02. The maximum absolute atomic E-state index is 9.86. The smallest absolute Gasteiger partial charge is 0.550 e. The van der Waals surface area contributed by atoms with E-state index in [0.29, 0.717) is 0 Å². The van der Waals surface area contributed by atoms with Crippen LogP contribution >= 0.6 is 0 Å². The minimum absolute atomic E-state index is 0. The Kier molecular flexibility index (Phi) is 2.64. The maximum atomic E-state index is 9.86. The van der Waals surface area contributed by atoms with Crippen LogP contribution in [0.3, 0.4) is 0 Å². The van der Waals surface area contributed by atoms with Crippen LogP contribution in [0.4, 0.5) is 0 Å². The Morgan fingerprint density at radius 1 is 2.14 bits per heavy atom. The van der Waals surface area contributed by atoms with Crippen molar-refractivity contribution in [2.75, 3.05) is 0 Å². The molecule has 36 valence electrons. The summed E-state index contributed by atoms with van der Waals surface area (Å²) in [6.07, 6.45) is -3.81. The third kappa shape index (κ3) is 10.7. The van der Waals surface area contributed by atoms with Crippen molar-refractivity contribution in [2.45, 2.75) is 19.6 Å². The first-order valence-electron chi connectivity index (χ1n) is 3.87. The summed E-state index contributed by atoms with van der Waals surface area (Å²) in [6.45, 7) is -2.91. The van der Waals surface area contributed by atoms with E-state index in [1.54, 1.807) is 0 Å². The predicted octanol–water partition coefficient (Wildman–Crippen LogP) is -3.46. The van der Waals surface area contributed by atoms with Gasteiger partial charge in [-0.15, -0.1) is 0 Å². The van der Waals surface area contributed by atoms with Gasteiger partial charge in [-0.2, -0.15) is 0 Å². The number of carbonyl (C=O) groups is 1. The van der Waals surface area contributed by atoms with E-state index in [9.17, 15) is 9.90 Å². The molecule has 0 heterocycles. The van der Waals surface area contributed by atoms with Crippen LogP contribution in [0.1, 0.15) is 26.5 Å². The van der Waals surface area contributed by atoms with E-state index in [1.807, 2.05) is 0 Å². The summed E-state index contributed by atoms with van der Waals surface area (Å²) in [5, 5.41) is 9.86. The largest absolute Gasteiger partial charge is 1.00 e. The number of carbonyl (C=O) groups excluding carboxylic acids is 1. The van der Waals surface area contributed by atoms with Gasteiger partial charge in [-0.1, -0.05) is 13.2 Å². The van der Waals surface area contributed by atoms with Crippen molar-refractivity contribution in [3.8, 4) is 0 Å². The van der Waals surface area contributed by atoms with Gasteiger partial charge in [-0.05, 0) is 6.42 Å². The van der Waals surface area contributed by atoms with Crippen molar-refractivity contribution in [3.05, 3.63) is 0 Å². The third-order valence-electron chi connectivity index (χ3n) is 0.233. The molecule has 0 aromatic heterocycles. The average molecular weight is 115 g/mol. The number of carboxylic acids is 1. The van der Waals surface area contributed by atoms with Gasteiger partial charge in [0.05, 0.1) is 0 Å². The summed E-state index contributed by atoms with van der Waals surface area (Å²) in [7, 11) is 0. The molecule has 2 nitrogen and oxygen atoms in total. The number of rotatable bonds is 2. The summed E-state index contributed by atoms with van der Waals surface area (Å²) >= 11 is 0. The molecule has 0 aliphatic rings. The minimum atomic E-state index is -2.91. The van der Waals surface area contributed by atoms with E-state index < -0.39 is 25.6 Å². The van der Waals surface area contributed by atoms with E-state index in [4.69, 9.17) is 6.85 Å². The van der Waals surface area contributed by atoms with Gasteiger partial charge in [0, 0.05) is 12.8 Å². The molecule has 0 radical (unpaired) electrons. The van der Waals surface area contributed by atoms with Crippen molar-refractivity contribution < 1.29 is 46.3 Å². The molecule has 0 spiro atoms. The topological polar surface area (TPSA) is 40.1 Å². The molecule has 0 aromatic carbocycles. The summed E-state index contributed by atoms with van der Waals surface area (Å²) < 4.78 is 33.4. The van der Waals surface area contributed by atoms with Crippen LogP contribution in [-0.2, 0) is 4.79 Å². The van der Waals surface area contributed by atoms with Crippen molar-refractivity contribution in [1.29, 1.82) is 0 Å². The second-order valence-corrected chi connectivity index (χ2v) is 0.726. The van der Waals surface area contributed by atoms with Crippen LogP contribution < -0.4 is 34.7 Å². The summed E-state index contributed by atoms with van der Waals surface area (Å²) in [5.41, 5.74) is 0. The fraction of sp³-hybridized carbons (Fsp3) is 0.750. The molecule has 0 N–H and O–H groups in total. The molecular weight excluding hydrogens is 103 g/mol. The average Bonchev–Trinajstić information content (AvgIpc) is 1.56. The molecule has 0 fully saturated rings. The zero-order chi connectivity index (χ0) is 9.28. The number of hydrogen-bond donors (Lipinski definition) is 0. The quantitative estimate of drug-likeness (QED) is 0.351. The molecule has 0 aliphatic carbocycles. The van der Waals surface area contributed by atoms with Gasteiger partial charge < -0.3 is 9.90 Å². The van der Waals surface area contributed by atoms with E-state index >= 15 is 0 Å². The molecule has 0 aliphatic heterocycles. The van der Waals surface area contributed by atoms with Crippen molar-refractivity contribution in [2.24, 2.45) is 0 Å². The monoisotopic (exact) mass is 115 g/mol. The van der Waals surface area contributed by atoms with E-state index in [2.05, 4.69) is 0 Å². The Bertz CT molecular complexity index is 165. The first kappa shape index (κ1) is 2.85. The van der Waals surface area contributed by atoms with Gasteiger partial charge in [-0.3, -0.25) is 0 Å². The van der Waals surface area contributed by atoms with Crippen LogP contribution in [0.2, 0.25) is 0 Å². The molecule has 0 rings (SSSR count). The molecule has 0 aromatic rings. The molecule has 3 heteroatoms. The minimum Gasteiger partial charge on any atom is -0.550 e. The number of carboxylic acid groups (broad SMARTS) is 1. The summed E-state index contributed by atoms with van der Waals surface area (Å²) in [4.78, 5) is 9.86. The van der Waals surface area contributed by atoms with Crippen LogP contribution in [0.5, 0.6) is 0 Å². The summed E-state index contributed by atoms with van der Waals surface area (Å²) in [6, 6.07) is 0. The molecular formula is C4H7NaO2. The summed E-state index contributed by atoms with van der Waals surface area (Å²) in [5.74, 6) is -1.70. The number of hydrogen-bond acceptors (Lipinski definition) is 2. The van der Waals surface area contributed by atoms with Gasteiger partial charge in [0.1, 0.15) is 0 Å². The second-order valence-electron chi connectivity index (χ2n) is 0.726. The zero-order valence-electron chi connectivity index (χ0n) is 9.02. The van der Waals surface area contributed by atoms with E-state index in [0.717, 1.165) is 0 Å². The fourth-order valence-corrected chi connectivity index (χ4v) is 0.0722. The van der Waals surface area contributed by atoms with Gasteiger partial charge >= 0.3 is 29.6 Å². The fourth-order valence-electron chi connectivity index (χ4n) is 0.0722. The maximum Gasteiger partial charge on any atom is 1.00 e. The van der Waals surface area contributed by atoms with Gasteiger partial charge in [-0.25, -0.2) is 0 Å². The Morgan fingerprint density at radius 3 is 2.86 bits per heavy atom.